The first-order valence-corrected chi connectivity index (χ1v) is 10.8. The average Bonchev–Trinajstić information content (AvgIpc) is 3.13. The zero-order chi connectivity index (χ0) is 19.6. The van der Waals surface area contributed by atoms with E-state index in [4.69, 9.17) is 14.3 Å². The van der Waals surface area contributed by atoms with Crippen LogP contribution in [0.2, 0.25) is 0 Å². The number of hydrogen-bond acceptors (Lipinski definition) is 3. The van der Waals surface area contributed by atoms with Crippen LogP contribution in [0.25, 0.3) is 0 Å². The molecule has 1 N–H and O–H groups in total. The van der Waals surface area contributed by atoms with E-state index in [-0.39, 0.29) is 5.56 Å². The number of allylic oxidation sites excluding steroid dienone is 2. The molecule has 1 aromatic heterocycles. The third-order valence-corrected chi connectivity index (χ3v) is 4.72. The van der Waals surface area contributed by atoms with E-state index in [1.165, 1.54) is 89.4 Å². The lowest BCUT2D eigenvalue weighted by atomic mass is 10.1. The van der Waals surface area contributed by atoms with Crippen molar-refractivity contribution in [2.45, 2.75) is 96.8 Å². The predicted octanol–water partition coefficient (Wildman–Crippen LogP) is 7.39. The number of rotatable bonds is 18. The molecule has 0 atom stereocenters. The van der Waals surface area contributed by atoms with Gasteiger partial charge in [-0.3, -0.25) is 0 Å². The molecule has 0 fully saturated rings. The number of hydrogen-bond donors (Lipinski definition) is 1. The Morgan fingerprint density at radius 1 is 0.926 bits per heavy atom. The maximum atomic E-state index is 10.7. The van der Waals surface area contributed by atoms with Gasteiger partial charge in [-0.05, 0) is 32.1 Å². The van der Waals surface area contributed by atoms with Crippen LogP contribution in [0.5, 0.6) is 5.95 Å². The molecule has 0 aliphatic carbocycles. The molecule has 1 heterocycles. The fourth-order valence-corrected chi connectivity index (χ4v) is 3.03. The summed E-state index contributed by atoms with van der Waals surface area (Å²) in [4.78, 5) is 10.7. The lowest BCUT2D eigenvalue weighted by Crippen LogP contribution is -1.96. The van der Waals surface area contributed by atoms with Crippen LogP contribution in [-0.4, -0.2) is 17.7 Å². The van der Waals surface area contributed by atoms with E-state index in [9.17, 15) is 4.79 Å². The quantitative estimate of drug-likeness (QED) is 0.214. The second-order valence-corrected chi connectivity index (χ2v) is 7.25. The van der Waals surface area contributed by atoms with Crippen LogP contribution < -0.4 is 4.74 Å². The first-order chi connectivity index (χ1) is 13.2. The molecule has 0 aliphatic heterocycles. The van der Waals surface area contributed by atoms with Crippen molar-refractivity contribution in [2.75, 3.05) is 6.61 Å². The van der Waals surface area contributed by atoms with Crippen LogP contribution in [0.4, 0.5) is 0 Å². The normalized spacial score (nSPS) is 11.3. The van der Waals surface area contributed by atoms with Crippen molar-refractivity contribution in [2.24, 2.45) is 0 Å². The molecular formula is C23H38O4. The fraction of sp³-hybridized carbons (Fsp3) is 0.696. The van der Waals surface area contributed by atoms with Gasteiger partial charge >= 0.3 is 5.97 Å². The highest BCUT2D eigenvalue weighted by molar-refractivity contribution is 5.87. The average molecular weight is 379 g/mol. The minimum absolute atomic E-state index is 0.131. The van der Waals surface area contributed by atoms with Gasteiger partial charge in [0, 0.05) is 6.07 Å². The molecule has 1 rings (SSSR count). The first-order valence-electron chi connectivity index (χ1n) is 10.8. The van der Waals surface area contributed by atoms with Gasteiger partial charge in [0.25, 0.3) is 5.95 Å². The Balaban J connectivity index is 1.81. The smallest absolute Gasteiger partial charge is 0.339 e. The molecule has 1 aromatic rings. The Kier molecular flexibility index (Phi) is 14.2. The second kappa shape index (κ2) is 16.5. The van der Waals surface area contributed by atoms with Crippen molar-refractivity contribution in [3.05, 3.63) is 30.0 Å². The Bertz CT molecular complexity index is 504. The van der Waals surface area contributed by atoms with Crippen molar-refractivity contribution >= 4 is 5.97 Å². The molecule has 0 unspecified atom stereocenters. The van der Waals surface area contributed by atoms with E-state index in [1.807, 2.05) is 0 Å². The lowest BCUT2D eigenvalue weighted by Gasteiger charge is -2.02. The van der Waals surface area contributed by atoms with Gasteiger partial charge in [-0.15, -0.1) is 0 Å². The number of carboxylic acids is 1. The summed E-state index contributed by atoms with van der Waals surface area (Å²) in [5, 5.41) is 8.80. The van der Waals surface area contributed by atoms with Crippen molar-refractivity contribution < 1.29 is 19.1 Å². The molecule has 0 bridgehead atoms. The topological polar surface area (TPSA) is 59.7 Å². The summed E-state index contributed by atoms with van der Waals surface area (Å²) in [5.41, 5.74) is 0.131. The standard InChI is InChI=1S/C23H38O4/c1-2-3-4-5-6-7-8-9-10-11-12-13-14-15-16-17-18-26-22-19-21(20-27-22)23(24)25/h9-10,19-20H,2-8,11-18H2,1H3,(H,24,25). The molecule has 0 aliphatic rings. The van der Waals surface area contributed by atoms with Crippen LogP contribution >= 0.6 is 0 Å². The van der Waals surface area contributed by atoms with Crippen LogP contribution in [0.1, 0.15) is 107 Å². The highest BCUT2D eigenvalue weighted by Gasteiger charge is 2.08. The summed E-state index contributed by atoms with van der Waals surface area (Å²) < 4.78 is 10.5. The summed E-state index contributed by atoms with van der Waals surface area (Å²) in [6.45, 7) is 2.84. The Labute approximate surface area is 165 Å². The molecule has 0 saturated heterocycles. The van der Waals surface area contributed by atoms with Crippen LogP contribution in [0.15, 0.2) is 28.9 Å². The maximum absolute atomic E-state index is 10.7. The predicted molar refractivity (Wildman–Crippen MR) is 111 cm³/mol. The number of ether oxygens (including phenoxy) is 1. The second-order valence-electron chi connectivity index (χ2n) is 7.25. The zero-order valence-corrected chi connectivity index (χ0v) is 17.1. The third-order valence-electron chi connectivity index (χ3n) is 4.72. The van der Waals surface area contributed by atoms with Gasteiger partial charge in [0.2, 0.25) is 0 Å². The van der Waals surface area contributed by atoms with E-state index in [2.05, 4.69) is 19.1 Å². The Morgan fingerprint density at radius 2 is 1.48 bits per heavy atom. The number of carbonyl (C=O) groups is 1. The Hall–Kier alpha value is -1.71. The van der Waals surface area contributed by atoms with E-state index >= 15 is 0 Å². The van der Waals surface area contributed by atoms with Gasteiger partial charge < -0.3 is 14.3 Å². The summed E-state index contributed by atoms with van der Waals surface area (Å²) in [6, 6.07) is 1.42. The molecule has 0 aromatic carbocycles. The number of carboxylic acid groups (broad SMARTS) is 1. The number of unbranched alkanes of at least 4 members (excludes halogenated alkanes) is 12. The van der Waals surface area contributed by atoms with Gasteiger partial charge in [-0.2, -0.15) is 0 Å². The molecule has 0 saturated carbocycles. The highest BCUT2D eigenvalue weighted by atomic mass is 16.6. The molecule has 0 amide bonds. The number of aromatic carboxylic acids is 1. The summed E-state index contributed by atoms with van der Waals surface area (Å²) >= 11 is 0. The lowest BCUT2D eigenvalue weighted by molar-refractivity contribution is 0.0696. The fourth-order valence-electron chi connectivity index (χ4n) is 3.03. The van der Waals surface area contributed by atoms with Gasteiger partial charge in [0.05, 0.1) is 6.61 Å². The summed E-state index contributed by atoms with van der Waals surface area (Å²) in [6.07, 6.45) is 23.8. The zero-order valence-electron chi connectivity index (χ0n) is 17.1. The van der Waals surface area contributed by atoms with E-state index in [0.29, 0.717) is 12.6 Å². The molecule has 0 spiro atoms. The van der Waals surface area contributed by atoms with Crippen LogP contribution in [0, 0.1) is 0 Å². The minimum atomic E-state index is -0.995. The molecule has 4 nitrogen and oxygen atoms in total. The van der Waals surface area contributed by atoms with Crippen molar-refractivity contribution in [3.63, 3.8) is 0 Å². The highest BCUT2D eigenvalue weighted by Crippen LogP contribution is 2.16. The minimum Gasteiger partial charge on any atom is -0.478 e. The largest absolute Gasteiger partial charge is 0.478 e. The molecule has 154 valence electrons. The maximum Gasteiger partial charge on any atom is 0.339 e. The van der Waals surface area contributed by atoms with Gasteiger partial charge in [0.1, 0.15) is 11.8 Å². The van der Waals surface area contributed by atoms with Crippen molar-refractivity contribution in [1.82, 2.24) is 0 Å². The van der Waals surface area contributed by atoms with Crippen LogP contribution in [0.3, 0.4) is 0 Å². The summed E-state index contributed by atoms with van der Waals surface area (Å²) in [7, 11) is 0. The van der Waals surface area contributed by atoms with Crippen molar-refractivity contribution in [1.29, 1.82) is 0 Å². The number of furan rings is 1. The monoisotopic (exact) mass is 378 g/mol. The van der Waals surface area contributed by atoms with E-state index in [0.717, 1.165) is 12.8 Å². The van der Waals surface area contributed by atoms with E-state index in [1.54, 1.807) is 0 Å². The van der Waals surface area contributed by atoms with Crippen LogP contribution in [-0.2, 0) is 0 Å². The third kappa shape index (κ3) is 13.2. The molecule has 0 radical (unpaired) electrons. The van der Waals surface area contributed by atoms with Gasteiger partial charge in [-0.25, -0.2) is 4.79 Å². The molecule has 4 heteroatoms. The van der Waals surface area contributed by atoms with E-state index < -0.39 is 5.97 Å². The molecular weight excluding hydrogens is 340 g/mol. The Morgan fingerprint density at radius 3 is 2.04 bits per heavy atom. The summed E-state index contributed by atoms with van der Waals surface area (Å²) in [5.74, 6) is -0.703. The van der Waals surface area contributed by atoms with Gasteiger partial charge in [0.15, 0.2) is 0 Å². The molecule has 27 heavy (non-hydrogen) atoms. The first kappa shape index (κ1) is 23.3. The van der Waals surface area contributed by atoms with Gasteiger partial charge in [-0.1, -0.05) is 76.9 Å². The van der Waals surface area contributed by atoms with Crippen molar-refractivity contribution in [3.8, 4) is 5.95 Å². The SMILES string of the molecule is CCCCCCCCC=CCCCCCCCCOc1cc(C(=O)O)co1.